The largest absolute Gasteiger partial charge is 0.496 e. The minimum absolute atomic E-state index is 0.194. The van der Waals surface area contributed by atoms with Gasteiger partial charge in [0.05, 0.1) is 7.11 Å². The quantitative estimate of drug-likeness (QED) is 0.685. The molecule has 5 heteroatoms. The third kappa shape index (κ3) is 8.14. The fraction of sp³-hybridized carbons (Fsp3) is 0.591. The number of likely N-dealkylation sites (N-methyl/N-ethyl adjacent to an activating group) is 1. The average Bonchev–Trinajstić information content (AvgIpc) is 2.67. The maximum absolute atomic E-state index is 11.9. The van der Waals surface area contributed by atoms with Crippen molar-refractivity contribution in [3.63, 3.8) is 0 Å². The van der Waals surface area contributed by atoms with Gasteiger partial charge in [-0.2, -0.15) is 0 Å². The van der Waals surface area contributed by atoms with Crippen molar-refractivity contribution in [1.29, 1.82) is 0 Å². The third-order valence-electron chi connectivity index (χ3n) is 5.17. The molecule has 1 N–H and O–H groups in total. The molecule has 0 saturated carbocycles. The summed E-state index contributed by atoms with van der Waals surface area (Å²) in [5.41, 5.74) is 1.12. The number of benzene rings is 1. The summed E-state index contributed by atoms with van der Waals surface area (Å²) < 4.78 is 5.38. The molecule has 0 bridgehead atoms. The zero-order chi connectivity index (χ0) is 19.5. The van der Waals surface area contributed by atoms with Gasteiger partial charge in [0.2, 0.25) is 5.91 Å². The van der Waals surface area contributed by atoms with Crippen LogP contribution in [0, 0.1) is 5.92 Å². The van der Waals surface area contributed by atoms with Gasteiger partial charge < -0.3 is 15.0 Å². The first-order chi connectivity index (χ1) is 13.1. The molecule has 1 aromatic carbocycles. The Hall–Kier alpha value is -1.85. The van der Waals surface area contributed by atoms with Crippen molar-refractivity contribution < 1.29 is 9.53 Å². The van der Waals surface area contributed by atoms with Crippen LogP contribution in [0.25, 0.3) is 6.08 Å². The smallest absolute Gasteiger partial charge is 0.220 e. The lowest BCUT2D eigenvalue weighted by Crippen LogP contribution is -2.35. The molecule has 1 fully saturated rings. The highest BCUT2D eigenvalue weighted by molar-refractivity contribution is 5.75. The summed E-state index contributed by atoms with van der Waals surface area (Å²) in [4.78, 5) is 16.5. The molecule has 1 aliphatic rings. The lowest BCUT2D eigenvalue weighted by molar-refractivity contribution is -0.121. The topological polar surface area (TPSA) is 44.8 Å². The van der Waals surface area contributed by atoms with E-state index in [4.69, 9.17) is 4.74 Å². The summed E-state index contributed by atoms with van der Waals surface area (Å²) in [5, 5.41) is 3.00. The molecule has 5 nitrogen and oxygen atoms in total. The molecule has 1 aliphatic heterocycles. The van der Waals surface area contributed by atoms with Crippen LogP contribution in [0.3, 0.4) is 0 Å². The van der Waals surface area contributed by atoms with Crippen molar-refractivity contribution in [3.05, 3.63) is 35.9 Å². The van der Waals surface area contributed by atoms with Crippen LogP contribution in [-0.2, 0) is 4.79 Å². The van der Waals surface area contributed by atoms with Crippen LogP contribution >= 0.6 is 0 Å². The molecule has 0 atom stereocenters. The Morgan fingerprint density at radius 1 is 1.30 bits per heavy atom. The molecule has 1 saturated heterocycles. The number of hydrogen-bond donors (Lipinski definition) is 1. The standard InChI is InChI=1S/C22H35N3O2/c1-24(2)18-14-23-22(26)11-10-19-12-16-25(17-13-19)15-6-8-20-7-4-5-9-21(20)27-3/h4-9,19H,10-18H2,1-3H3,(H,23,26)/b8-6+. The lowest BCUT2D eigenvalue weighted by Gasteiger charge is -2.31. The predicted molar refractivity (Wildman–Crippen MR) is 112 cm³/mol. The number of rotatable bonds is 10. The first-order valence-corrected chi connectivity index (χ1v) is 10.0. The normalized spacial score (nSPS) is 16.1. The number of likely N-dealkylation sites (tertiary alicyclic amines) is 1. The van der Waals surface area contributed by atoms with Gasteiger partial charge >= 0.3 is 0 Å². The SMILES string of the molecule is COc1ccccc1/C=C/CN1CCC(CCC(=O)NCCN(C)C)CC1. The van der Waals surface area contributed by atoms with E-state index in [-0.39, 0.29) is 5.91 Å². The molecule has 1 heterocycles. The van der Waals surface area contributed by atoms with Crippen LogP contribution < -0.4 is 10.1 Å². The van der Waals surface area contributed by atoms with Gasteiger partial charge in [-0.3, -0.25) is 9.69 Å². The number of carbonyl (C=O) groups excluding carboxylic acids is 1. The number of piperidine rings is 1. The fourth-order valence-electron chi connectivity index (χ4n) is 3.43. The molecule has 0 aromatic heterocycles. The van der Waals surface area contributed by atoms with Crippen LogP contribution in [0.4, 0.5) is 0 Å². The number of methoxy groups -OCH3 is 1. The zero-order valence-electron chi connectivity index (χ0n) is 17.1. The Kier molecular flexibility index (Phi) is 9.36. The average molecular weight is 374 g/mol. The molecular weight excluding hydrogens is 338 g/mol. The van der Waals surface area contributed by atoms with E-state index in [1.54, 1.807) is 7.11 Å². The summed E-state index contributed by atoms with van der Waals surface area (Å²) in [6, 6.07) is 8.08. The van der Waals surface area contributed by atoms with Crippen molar-refractivity contribution >= 4 is 12.0 Å². The Balaban J connectivity index is 1.62. The fourth-order valence-corrected chi connectivity index (χ4v) is 3.43. The van der Waals surface area contributed by atoms with Crippen molar-refractivity contribution in [1.82, 2.24) is 15.1 Å². The van der Waals surface area contributed by atoms with E-state index in [1.807, 2.05) is 32.3 Å². The molecule has 2 rings (SSSR count). The Morgan fingerprint density at radius 3 is 2.74 bits per heavy atom. The Bertz CT molecular complexity index is 593. The molecule has 0 radical (unpaired) electrons. The second kappa shape index (κ2) is 11.8. The van der Waals surface area contributed by atoms with Gasteiger partial charge in [0.15, 0.2) is 0 Å². The maximum Gasteiger partial charge on any atom is 0.220 e. The number of ether oxygens (including phenoxy) is 1. The molecular formula is C22H35N3O2. The van der Waals surface area contributed by atoms with Crippen LogP contribution in [0.2, 0.25) is 0 Å². The van der Waals surface area contributed by atoms with E-state index in [0.717, 1.165) is 50.5 Å². The van der Waals surface area contributed by atoms with Gasteiger partial charge in [-0.15, -0.1) is 0 Å². The molecule has 150 valence electrons. The van der Waals surface area contributed by atoms with E-state index >= 15 is 0 Å². The highest BCUT2D eigenvalue weighted by Gasteiger charge is 2.19. The molecule has 1 aromatic rings. The minimum Gasteiger partial charge on any atom is -0.496 e. The number of para-hydroxylation sites is 1. The van der Waals surface area contributed by atoms with Gasteiger partial charge in [-0.1, -0.05) is 30.4 Å². The van der Waals surface area contributed by atoms with Crippen LogP contribution in [0.15, 0.2) is 30.3 Å². The second-order valence-electron chi connectivity index (χ2n) is 7.58. The first-order valence-electron chi connectivity index (χ1n) is 10.0. The van der Waals surface area contributed by atoms with Gasteiger partial charge in [0.1, 0.15) is 5.75 Å². The summed E-state index contributed by atoms with van der Waals surface area (Å²) in [6.45, 7) is 4.83. The van der Waals surface area contributed by atoms with Crippen molar-refractivity contribution in [2.45, 2.75) is 25.7 Å². The monoisotopic (exact) mass is 373 g/mol. The summed E-state index contributed by atoms with van der Waals surface area (Å²) in [5.74, 6) is 1.79. The molecule has 0 spiro atoms. The number of carbonyl (C=O) groups is 1. The highest BCUT2D eigenvalue weighted by atomic mass is 16.5. The minimum atomic E-state index is 0.194. The third-order valence-corrected chi connectivity index (χ3v) is 5.17. The van der Waals surface area contributed by atoms with E-state index in [2.05, 4.69) is 33.3 Å². The van der Waals surface area contributed by atoms with E-state index in [0.29, 0.717) is 12.3 Å². The lowest BCUT2D eigenvalue weighted by atomic mass is 9.92. The van der Waals surface area contributed by atoms with Crippen molar-refractivity contribution in [3.8, 4) is 5.75 Å². The van der Waals surface area contributed by atoms with Crippen LogP contribution in [0.1, 0.15) is 31.2 Å². The Morgan fingerprint density at radius 2 is 2.04 bits per heavy atom. The highest BCUT2D eigenvalue weighted by Crippen LogP contribution is 2.22. The van der Waals surface area contributed by atoms with E-state index < -0.39 is 0 Å². The van der Waals surface area contributed by atoms with Gasteiger partial charge in [0.25, 0.3) is 0 Å². The van der Waals surface area contributed by atoms with Crippen molar-refractivity contribution in [2.75, 3.05) is 53.9 Å². The second-order valence-corrected chi connectivity index (χ2v) is 7.58. The molecule has 27 heavy (non-hydrogen) atoms. The van der Waals surface area contributed by atoms with Gasteiger partial charge in [-0.25, -0.2) is 0 Å². The number of hydrogen-bond acceptors (Lipinski definition) is 4. The maximum atomic E-state index is 11.9. The summed E-state index contributed by atoms with van der Waals surface area (Å²) >= 11 is 0. The summed E-state index contributed by atoms with van der Waals surface area (Å²) in [6.07, 6.45) is 8.41. The molecule has 1 amide bonds. The summed E-state index contributed by atoms with van der Waals surface area (Å²) in [7, 11) is 5.75. The van der Waals surface area contributed by atoms with Crippen LogP contribution in [-0.4, -0.2) is 69.6 Å². The number of nitrogens with one attached hydrogen (secondary N) is 1. The Labute approximate surface area is 164 Å². The zero-order valence-corrected chi connectivity index (χ0v) is 17.1. The van der Waals surface area contributed by atoms with E-state index in [9.17, 15) is 4.79 Å². The van der Waals surface area contributed by atoms with Gasteiger partial charge in [0, 0.05) is 31.6 Å². The molecule has 0 unspecified atom stereocenters. The molecule has 0 aliphatic carbocycles. The number of nitrogens with zero attached hydrogens (tertiary/aromatic N) is 2. The van der Waals surface area contributed by atoms with E-state index in [1.165, 1.54) is 12.8 Å². The first kappa shape index (κ1) is 21.5. The van der Waals surface area contributed by atoms with Gasteiger partial charge in [-0.05, 0) is 58.4 Å². The van der Waals surface area contributed by atoms with Crippen molar-refractivity contribution in [2.24, 2.45) is 5.92 Å². The number of amides is 1. The van der Waals surface area contributed by atoms with Crippen LogP contribution in [0.5, 0.6) is 5.75 Å². The predicted octanol–water partition coefficient (Wildman–Crippen LogP) is 2.88.